The maximum Gasteiger partial charge on any atom is 0.233 e. The minimum Gasteiger partial charge on any atom is -0.392 e. The van der Waals surface area contributed by atoms with E-state index in [1.807, 2.05) is 0 Å². The number of carbonyl (C=O) groups excluding carboxylic acids is 2. The molecule has 2 rings (SSSR count). The van der Waals surface area contributed by atoms with Gasteiger partial charge in [-0.3, -0.25) is 14.5 Å². The summed E-state index contributed by atoms with van der Waals surface area (Å²) >= 11 is 0. The Bertz CT molecular complexity index is 399. The van der Waals surface area contributed by atoms with E-state index < -0.39 is 0 Å². The number of likely N-dealkylation sites (tertiary alicyclic amines) is 1. The fourth-order valence-electron chi connectivity index (χ4n) is 2.18. The summed E-state index contributed by atoms with van der Waals surface area (Å²) in [6, 6.07) is 0. The summed E-state index contributed by atoms with van der Waals surface area (Å²) in [4.78, 5) is 33.1. The Kier molecular flexibility index (Phi) is 4.09. The molecule has 0 aromatic rings. The van der Waals surface area contributed by atoms with Gasteiger partial charge in [0.15, 0.2) is 0 Å². The van der Waals surface area contributed by atoms with E-state index in [0.717, 1.165) is 18.4 Å². The second-order valence-corrected chi connectivity index (χ2v) is 4.47. The lowest BCUT2D eigenvalue weighted by atomic mass is 10.1. The minimum atomic E-state index is -0.0473. The van der Waals surface area contributed by atoms with Gasteiger partial charge in [0.25, 0.3) is 0 Å². The Balaban J connectivity index is 1.75. The number of rotatable bonds is 4. The van der Waals surface area contributed by atoms with Crippen LogP contribution in [0.3, 0.4) is 0 Å². The first-order valence-electron chi connectivity index (χ1n) is 6.14. The average molecular weight is 251 g/mol. The van der Waals surface area contributed by atoms with Crippen LogP contribution in [-0.2, 0) is 14.4 Å². The van der Waals surface area contributed by atoms with E-state index >= 15 is 0 Å². The first kappa shape index (κ1) is 12.8. The summed E-state index contributed by atoms with van der Waals surface area (Å²) in [5.74, 6) is 5.35. The van der Waals surface area contributed by atoms with Crippen LogP contribution < -0.4 is 5.90 Å². The third-order valence-corrected chi connectivity index (χ3v) is 3.15. The molecule has 0 bridgehead atoms. The summed E-state index contributed by atoms with van der Waals surface area (Å²) in [6.45, 7) is 1.09. The van der Waals surface area contributed by atoms with Crippen LogP contribution in [-0.4, -0.2) is 35.7 Å². The number of amides is 2. The van der Waals surface area contributed by atoms with Gasteiger partial charge in [-0.1, -0.05) is 0 Å². The van der Waals surface area contributed by atoms with Gasteiger partial charge in [0.2, 0.25) is 17.7 Å². The molecule has 0 saturated carbocycles. The van der Waals surface area contributed by atoms with Crippen molar-refractivity contribution in [2.75, 3.05) is 13.1 Å². The van der Waals surface area contributed by atoms with E-state index in [9.17, 15) is 9.59 Å². The number of piperidine rings is 1. The minimum absolute atomic E-state index is 0.0473. The highest BCUT2D eigenvalue weighted by Crippen LogP contribution is 2.16. The van der Waals surface area contributed by atoms with Crippen molar-refractivity contribution in [3.8, 4) is 0 Å². The second-order valence-electron chi connectivity index (χ2n) is 4.47. The largest absolute Gasteiger partial charge is 0.392 e. The van der Waals surface area contributed by atoms with Crippen molar-refractivity contribution in [1.29, 1.82) is 0 Å². The van der Waals surface area contributed by atoms with Crippen LogP contribution in [0.25, 0.3) is 0 Å². The zero-order valence-electron chi connectivity index (χ0n) is 10.2. The molecule has 2 heterocycles. The average Bonchev–Trinajstić information content (AvgIpc) is 2.81. The molecule has 2 aliphatic rings. The lowest BCUT2D eigenvalue weighted by Gasteiger charge is -2.24. The predicted octanol–water partition coefficient (Wildman–Crippen LogP) is 0.534. The van der Waals surface area contributed by atoms with E-state index in [1.165, 1.54) is 4.90 Å². The van der Waals surface area contributed by atoms with Crippen molar-refractivity contribution in [1.82, 2.24) is 4.90 Å². The van der Waals surface area contributed by atoms with Gasteiger partial charge in [-0.2, -0.15) is 5.90 Å². The van der Waals surface area contributed by atoms with Crippen molar-refractivity contribution in [2.45, 2.75) is 32.1 Å². The van der Waals surface area contributed by atoms with Crippen molar-refractivity contribution in [2.24, 2.45) is 10.9 Å². The van der Waals surface area contributed by atoms with Crippen LogP contribution in [0.15, 0.2) is 16.6 Å². The molecule has 2 aliphatic heterocycles. The molecule has 0 aromatic carbocycles. The van der Waals surface area contributed by atoms with Crippen molar-refractivity contribution >= 4 is 17.7 Å². The standard InChI is InChI=1S/C12H17N3O3/c13-18-10-7-9(8-14-10)3-2-6-15-11(16)4-1-5-12(15)17/h7H,1-6,8,13H2. The fraction of sp³-hybridized carbons (Fsp3) is 0.583. The molecule has 1 saturated heterocycles. The highest BCUT2D eigenvalue weighted by molar-refractivity contribution is 5.97. The maximum absolute atomic E-state index is 11.6. The zero-order chi connectivity index (χ0) is 13.0. The van der Waals surface area contributed by atoms with Crippen molar-refractivity contribution < 1.29 is 14.4 Å². The molecule has 98 valence electrons. The molecule has 0 unspecified atom stereocenters. The third-order valence-electron chi connectivity index (χ3n) is 3.15. The van der Waals surface area contributed by atoms with Gasteiger partial charge in [0.1, 0.15) is 0 Å². The molecule has 0 aromatic heterocycles. The monoisotopic (exact) mass is 251 g/mol. The quantitative estimate of drug-likeness (QED) is 0.583. The molecule has 1 fully saturated rings. The first-order chi connectivity index (χ1) is 8.70. The highest BCUT2D eigenvalue weighted by Gasteiger charge is 2.25. The zero-order valence-corrected chi connectivity index (χ0v) is 10.2. The van der Waals surface area contributed by atoms with Crippen molar-refractivity contribution in [3.05, 3.63) is 11.6 Å². The Morgan fingerprint density at radius 1 is 1.33 bits per heavy atom. The molecule has 2 amide bonds. The van der Waals surface area contributed by atoms with E-state index in [-0.39, 0.29) is 11.8 Å². The molecule has 18 heavy (non-hydrogen) atoms. The fourth-order valence-corrected chi connectivity index (χ4v) is 2.18. The predicted molar refractivity (Wildman–Crippen MR) is 65.5 cm³/mol. The topological polar surface area (TPSA) is 85.0 Å². The van der Waals surface area contributed by atoms with Crippen LogP contribution in [0.2, 0.25) is 0 Å². The van der Waals surface area contributed by atoms with Crippen molar-refractivity contribution in [3.63, 3.8) is 0 Å². The van der Waals surface area contributed by atoms with Crippen LogP contribution in [0, 0.1) is 0 Å². The van der Waals surface area contributed by atoms with Crippen LogP contribution in [0.4, 0.5) is 0 Å². The molecular weight excluding hydrogens is 234 g/mol. The third kappa shape index (κ3) is 2.95. The van der Waals surface area contributed by atoms with Gasteiger partial charge < -0.3 is 4.84 Å². The first-order valence-corrected chi connectivity index (χ1v) is 6.14. The number of hydrogen-bond donors (Lipinski definition) is 1. The molecule has 0 radical (unpaired) electrons. The molecular formula is C12H17N3O3. The van der Waals surface area contributed by atoms with Gasteiger partial charge in [-0.05, 0) is 24.8 Å². The molecule has 6 nitrogen and oxygen atoms in total. The van der Waals surface area contributed by atoms with E-state index in [1.54, 1.807) is 6.08 Å². The summed E-state index contributed by atoms with van der Waals surface area (Å²) < 4.78 is 0. The normalized spacial score (nSPS) is 19.9. The summed E-state index contributed by atoms with van der Waals surface area (Å²) in [5, 5.41) is 0. The Hall–Kier alpha value is -1.69. The smallest absolute Gasteiger partial charge is 0.233 e. The molecule has 0 aliphatic carbocycles. The Morgan fingerprint density at radius 3 is 2.67 bits per heavy atom. The lowest BCUT2D eigenvalue weighted by Crippen LogP contribution is -2.40. The SMILES string of the molecule is NOC1=NCC(CCCN2C(=O)CCCC2=O)=C1. The summed E-state index contributed by atoms with van der Waals surface area (Å²) in [7, 11) is 0. The van der Waals surface area contributed by atoms with Crippen LogP contribution >= 0.6 is 0 Å². The number of imide groups is 1. The number of carbonyl (C=O) groups is 2. The van der Waals surface area contributed by atoms with Gasteiger partial charge in [0, 0.05) is 25.5 Å². The summed E-state index contributed by atoms with van der Waals surface area (Å²) in [5.41, 5.74) is 1.12. The molecule has 0 spiro atoms. The van der Waals surface area contributed by atoms with Crippen LogP contribution in [0.5, 0.6) is 0 Å². The number of nitrogens with two attached hydrogens (primary N) is 1. The van der Waals surface area contributed by atoms with Gasteiger partial charge in [-0.15, -0.1) is 0 Å². The van der Waals surface area contributed by atoms with Gasteiger partial charge in [0.05, 0.1) is 6.54 Å². The van der Waals surface area contributed by atoms with E-state index in [4.69, 9.17) is 5.90 Å². The van der Waals surface area contributed by atoms with E-state index in [0.29, 0.717) is 38.2 Å². The highest BCUT2D eigenvalue weighted by atomic mass is 16.6. The number of hydrogen-bond acceptors (Lipinski definition) is 5. The molecule has 2 N–H and O–H groups in total. The van der Waals surface area contributed by atoms with Gasteiger partial charge >= 0.3 is 0 Å². The number of aliphatic imine (C=N–C) groups is 1. The molecule has 0 atom stereocenters. The maximum atomic E-state index is 11.6. The van der Waals surface area contributed by atoms with Crippen LogP contribution in [0.1, 0.15) is 32.1 Å². The van der Waals surface area contributed by atoms with Gasteiger partial charge in [-0.25, -0.2) is 4.99 Å². The summed E-state index contributed by atoms with van der Waals surface area (Å²) in [6.07, 6.45) is 5.03. The Morgan fingerprint density at radius 2 is 2.06 bits per heavy atom. The molecule has 6 heteroatoms. The second kappa shape index (κ2) is 5.77. The van der Waals surface area contributed by atoms with E-state index in [2.05, 4.69) is 9.83 Å². The number of nitrogens with zero attached hydrogens (tertiary/aromatic N) is 2. The Labute approximate surface area is 105 Å². The lowest BCUT2D eigenvalue weighted by molar-refractivity contribution is -0.147.